The molecule has 0 bridgehead atoms. The van der Waals surface area contributed by atoms with Gasteiger partial charge in [-0.1, -0.05) is 36.4 Å². The van der Waals surface area contributed by atoms with E-state index in [0.717, 1.165) is 19.3 Å². The highest BCUT2D eigenvalue weighted by atomic mass is 16.6. The fourth-order valence-electron chi connectivity index (χ4n) is 3.38. The smallest absolute Gasteiger partial charge is 0.339 e. The van der Waals surface area contributed by atoms with E-state index in [1.165, 1.54) is 25.1 Å². The molecule has 1 aliphatic rings. The number of benzene rings is 2. The summed E-state index contributed by atoms with van der Waals surface area (Å²) in [4.78, 5) is 38.2. The van der Waals surface area contributed by atoms with Crippen molar-refractivity contribution in [3.63, 3.8) is 0 Å². The van der Waals surface area contributed by atoms with Crippen molar-refractivity contribution < 1.29 is 19.2 Å². The van der Waals surface area contributed by atoms with Crippen molar-refractivity contribution in [2.24, 2.45) is 0 Å². The van der Waals surface area contributed by atoms with Gasteiger partial charge >= 0.3 is 5.97 Å². The Kier molecular flexibility index (Phi) is 6.03. The lowest BCUT2D eigenvalue weighted by atomic mass is 10.0. The highest BCUT2D eigenvalue weighted by Crippen LogP contribution is 2.27. The van der Waals surface area contributed by atoms with Crippen molar-refractivity contribution in [1.82, 2.24) is 4.90 Å². The maximum absolute atomic E-state index is 13.1. The van der Waals surface area contributed by atoms with E-state index in [1.807, 2.05) is 6.07 Å². The highest BCUT2D eigenvalue weighted by Gasteiger charge is 2.31. The van der Waals surface area contributed by atoms with Gasteiger partial charge in [0.25, 0.3) is 11.6 Å². The van der Waals surface area contributed by atoms with Crippen LogP contribution in [0.4, 0.5) is 5.69 Å². The lowest BCUT2D eigenvalue weighted by molar-refractivity contribution is -0.385. The summed E-state index contributed by atoms with van der Waals surface area (Å²) < 4.78 is 5.60. The minimum atomic E-state index is -1.08. The molecule has 0 spiro atoms. The van der Waals surface area contributed by atoms with Gasteiger partial charge in [0.05, 0.1) is 10.5 Å². The number of hydrogen-bond acceptors (Lipinski definition) is 5. The van der Waals surface area contributed by atoms with Gasteiger partial charge in [0.15, 0.2) is 0 Å². The Hall–Kier alpha value is -3.22. The van der Waals surface area contributed by atoms with E-state index in [0.29, 0.717) is 18.7 Å². The number of esters is 1. The zero-order valence-corrected chi connectivity index (χ0v) is 15.7. The molecule has 0 unspecified atom stereocenters. The summed E-state index contributed by atoms with van der Waals surface area (Å²) in [5.74, 6) is -1.01. The van der Waals surface area contributed by atoms with Crippen LogP contribution in [0.3, 0.4) is 0 Å². The molecule has 1 amide bonds. The molecule has 1 atom stereocenters. The van der Waals surface area contributed by atoms with E-state index in [-0.39, 0.29) is 22.7 Å². The number of hydrogen-bond donors (Lipinski definition) is 0. The number of nitro groups is 1. The molecule has 1 fully saturated rings. The zero-order chi connectivity index (χ0) is 20.1. The molecule has 7 heteroatoms. The summed E-state index contributed by atoms with van der Waals surface area (Å²) in [6, 6.07) is 13.1. The quantitative estimate of drug-likeness (QED) is 0.446. The predicted octanol–water partition coefficient (Wildman–Crippen LogP) is 3.81. The molecule has 1 heterocycles. The molecule has 2 aromatic carbocycles. The van der Waals surface area contributed by atoms with Crippen LogP contribution in [0, 0.1) is 17.0 Å². The van der Waals surface area contributed by atoms with Crippen LogP contribution in [0.1, 0.15) is 46.9 Å². The molecule has 0 aliphatic carbocycles. The topological polar surface area (TPSA) is 89.8 Å². The van der Waals surface area contributed by atoms with Crippen LogP contribution in [0.5, 0.6) is 0 Å². The maximum Gasteiger partial charge on any atom is 0.339 e. The number of carbonyl (C=O) groups is 2. The molecule has 146 valence electrons. The van der Waals surface area contributed by atoms with Crippen molar-refractivity contribution >= 4 is 17.6 Å². The van der Waals surface area contributed by atoms with Crippen LogP contribution >= 0.6 is 0 Å². The molecule has 1 aliphatic heterocycles. The van der Waals surface area contributed by atoms with Crippen molar-refractivity contribution in [3.05, 3.63) is 75.3 Å². The van der Waals surface area contributed by atoms with Crippen molar-refractivity contribution in [2.45, 2.75) is 32.3 Å². The van der Waals surface area contributed by atoms with Gasteiger partial charge in [-0.3, -0.25) is 14.9 Å². The number of piperidine rings is 1. The standard InChI is InChI=1S/C21H22N2O5/c1-15-17(11-8-12-18(15)23(26)27)21(25)28-19(16-9-4-2-5-10-16)20(24)22-13-6-3-7-14-22/h2,4-5,8-12,19H,3,6-7,13-14H2,1H3/t19-/m0/s1. The molecule has 0 N–H and O–H groups in total. The van der Waals surface area contributed by atoms with Gasteiger partial charge in [-0.25, -0.2) is 4.79 Å². The largest absolute Gasteiger partial charge is 0.444 e. The van der Waals surface area contributed by atoms with Gasteiger partial charge in [-0.15, -0.1) is 0 Å². The Balaban J connectivity index is 1.89. The number of likely N-dealkylation sites (tertiary alicyclic amines) is 1. The summed E-state index contributed by atoms with van der Waals surface area (Å²) >= 11 is 0. The number of amides is 1. The van der Waals surface area contributed by atoms with E-state index in [2.05, 4.69) is 0 Å². The second-order valence-corrected chi connectivity index (χ2v) is 6.79. The fourth-order valence-corrected chi connectivity index (χ4v) is 3.38. The van der Waals surface area contributed by atoms with Gasteiger partial charge in [-0.05, 0) is 32.3 Å². The second-order valence-electron chi connectivity index (χ2n) is 6.79. The van der Waals surface area contributed by atoms with Crippen LogP contribution in [0.25, 0.3) is 0 Å². The molecule has 0 radical (unpaired) electrons. The Morgan fingerprint density at radius 2 is 1.71 bits per heavy atom. The van der Waals surface area contributed by atoms with E-state index < -0.39 is 17.0 Å². The van der Waals surface area contributed by atoms with Gasteiger partial charge in [0.1, 0.15) is 0 Å². The highest BCUT2D eigenvalue weighted by molar-refractivity contribution is 5.94. The van der Waals surface area contributed by atoms with E-state index in [4.69, 9.17) is 4.74 Å². The first-order chi connectivity index (χ1) is 13.5. The number of carbonyl (C=O) groups excluding carboxylic acids is 2. The Morgan fingerprint density at radius 1 is 1.04 bits per heavy atom. The number of rotatable bonds is 5. The van der Waals surface area contributed by atoms with Crippen LogP contribution in [0.15, 0.2) is 48.5 Å². The first kappa shape index (κ1) is 19.5. The first-order valence-corrected chi connectivity index (χ1v) is 9.27. The number of nitrogens with zero attached hydrogens (tertiary/aromatic N) is 2. The van der Waals surface area contributed by atoms with Crippen molar-refractivity contribution in [1.29, 1.82) is 0 Å². The van der Waals surface area contributed by atoms with Crippen LogP contribution in [-0.4, -0.2) is 34.8 Å². The van der Waals surface area contributed by atoms with E-state index >= 15 is 0 Å². The number of nitro benzene ring substituents is 1. The lowest BCUT2D eigenvalue weighted by Gasteiger charge is -2.30. The summed E-state index contributed by atoms with van der Waals surface area (Å²) in [6.07, 6.45) is 1.84. The Labute approximate surface area is 163 Å². The molecular weight excluding hydrogens is 360 g/mol. The molecule has 1 saturated heterocycles. The average Bonchev–Trinajstić information content (AvgIpc) is 2.72. The molecule has 3 rings (SSSR count). The predicted molar refractivity (Wildman–Crippen MR) is 103 cm³/mol. The Morgan fingerprint density at radius 3 is 2.36 bits per heavy atom. The second kappa shape index (κ2) is 8.65. The third-order valence-electron chi connectivity index (χ3n) is 4.94. The van der Waals surface area contributed by atoms with Crippen LogP contribution < -0.4 is 0 Å². The Bertz CT molecular complexity index is 876. The molecule has 0 saturated carbocycles. The monoisotopic (exact) mass is 382 g/mol. The van der Waals surface area contributed by atoms with Crippen LogP contribution in [0.2, 0.25) is 0 Å². The summed E-state index contributed by atoms with van der Waals surface area (Å²) in [6.45, 7) is 2.77. The average molecular weight is 382 g/mol. The fraction of sp³-hybridized carbons (Fsp3) is 0.333. The molecule has 2 aromatic rings. The maximum atomic E-state index is 13.1. The molecular formula is C21H22N2O5. The lowest BCUT2D eigenvalue weighted by Crippen LogP contribution is -2.40. The van der Waals surface area contributed by atoms with E-state index in [1.54, 1.807) is 29.2 Å². The summed E-state index contributed by atoms with van der Waals surface area (Å²) in [7, 11) is 0. The third kappa shape index (κ3) is 4.19. The van der Waals surface area contributed by atoms with Gasteiger partial charge in [0, 0.05) is 30.3 Å². The third-order valence-corrected chi connectivity index (χ3v) is 4.94. The first-order valence-electron chi connectivity index (χ1n) is 9.27. The molecule has 0 aromatic heterocycles. The van der Waals surface area contributed by atoms with E-state index in [9.17, 15) is 19.7 Å². The van der Waals surface area contributed by atoms with Crippen molar-refractivity contribution in [3.8, 4) is 0 Å². The summed E-state index contributed by atoms with van der Waals surface area (Å²) in [5.41, 5.74) is 0.721. The number of ether oxygens (including phenoxy) is 1. The molecule has 7 nitrogen and oxygen atoms in total. The SMILES string of the molecule is Cc1c(C(=O)O[C@H](C(=O)N2CCCCC2)c2ccccc2)cccc1[N+](=O)[O-]. The zero-order valence-electron chi connectivity index (χ0n) is 15.7. The summed E-state index contributed by atoms with van der Waals surface area (Å²) in [5, 5.41) is 11.1. The molecule has 28 heavy (non-hydrogen) atoms. The van der Waals surface area contributed by atoms with Gasteiger partial charge < -0.3 is 9.64 Å². The van der Waals surface area contributed by atoms with Gasteiger partial charge in [-0.2, -0.15) is 0 Å². The van der Waals surface area contributed by atoms with Crippen molar-refractivity contribution in [2.75, 3.05) is 13.1 Å². The van der Waals surface area contributed by atoms with Crippen LogP contribution in [-0.2, 0) is 9.53 Å². The van der Waals surface area contributed by atoms with Gasteiger partial charge in [0.2, 0.25) is 6.10 Å². The minimum Gasteiger partial charge on any atom is -0.444 e. The minimum absolute atomic E-state index is 0.0848. The normalized spacial score (nSPS) is 15.0.